The summed E-state index contributed by atoms with van der Waals surface area (Å²) in [6.45, 7) is 13.4. The van der Waals surface area contributed by atoms with Crippen LogP contribution in [0, 0.1) is 5.92 Å². The van der Waals surface area contributed by atoms with E-state index in [1.165, 1.54) is 38.8 Å². The molecule has 0 aliphatic carbocycles. The van der Waals surface area contributed by atoms with Crippen molar-refractivity contribution in [2.75, 3.05) is 39.3 Å². The third kappa shape index (κ3) is 7.34. The molecule has 0 unspecified atom stereocenters. The van der Waals surface area contributed by atoms with E-state index in [4.69, 9.17) is 4.74 Å². The zero-order chi connectivity index (χ0) is 13.2. The zero-order valence-electron chi connectivity index (χ0n) is 12.6. The van der Waals surface area contributed by atoms with Gasteiger partial charge in [0.15, 0.2) is 0 Å². The molecule has 0 radical (unpaired) electrons. The quantitative estimate of drug-likeness (QED) is 0.642. The molecule has 0 aromatic rings. The molecule has 0 amide bonds. The van der Waals surface area contributed by atoms with Crippen molar-refractivity contribution in [1.82, 2.24) is 10.2 Å². The van der Waals surface area contributed by atoms with Gasteiger partial charge in [0, 0.05) is 19.6 Å². The van der Waals surface area contributed by atoms with E-state index in [-0.39, 0.29) is 0 Å². The molecule has 0 spiro atoms. The van der Waals surface area contributed by atoms with Gasteiger partial charge in [-0.05, 0) is 31.8 Å². The number of hydrogen-bond donors (Lipinski definition) is 1. The first-order valence-corrected chi connectivity index (χ1v) is 7.77. The highest BCUT2D eigenvalue weighted by molar-refractivity contribution is 4.72. The molecule has 0 bridgehead atoms. The molecule has 3 heteroatoms. The van der Waals surface area contributed by atoms with Crippen molar-refractivity contribution in [3.05, 3.63) is 0 Å². The second-order valence-corrected chi connectivity index (χ2v) is 5.85. The molecule has 1 aliphatic rings. The van der Waals surface area contributed by atoms with Crippen LogP contribution in [-0.2, 0) is 4.74 Å². The van der Waals surface area contributed by atoms with Crippen LogP contribution >= 0.6 is 0 Å². The molecule has 1 heterocycles. The first kappa shape index (κ1) is 15.9. The normalized spacial score (nSPS) is 21.7. The summed E-state index contributed by atoms with van der Waals surface area (Å²) in [6, 6.07) is 0. The van der Waals surface area contributed by atoms with Crippen LogP contribution in [0.15, 0.2) is 0 Å². The van der Waals surface area contributed by atoms with E-state index in [2.05, 4.69) is 31.0 Å². The lowest BCUT2D eigenvalue weighted by atomic mass is 10.1. The first-order chi connectivity index (χ1) is 8.72. The molecule has 1 saturated heterocycles. The van der Waals surface area contributed by atoms with Gasteiger partial charge in [0.1, 0.15) is 0 Å². The maximum Gasteiger partial charge on any atom is 0.0702 e. The van der Waals surface area contributed by atoms with Crippen LogP contribution in [0.3, 0.4) is 0 Å². The number of hydrogen-bond acceptors (Lipinski definition) is 3. The van der Waals surface area contributed by atoms with E-state index in [0.717, 1.165) is 32.2 Å². The molecule has 1 rings (SSSR count). The monoisotopic (exact) mass is 256 g/mol. The van der Waals surface area contributed by atoms with E-state index in [0.29, 0.717) is 6.10 Å². The summed E-state index contributed by atoms with van der Waals surface area (Å²) in [5.74, 6) is 0.767. The van der Waals surface area contributed by atoms with Gasteiger partial charge in [0.2, 0.25) is 0 Å². The van der Waals surface area contributed by atoms with Crippen molar-refractivity contribution in [2.45, 2.75) is 52.6 Å². The minimum absolute atomic E-state index is 0.483. The van der Waals surface area contributed by atoms with Crippen molar-refractivity contribution >= 4 is 0 Å². The maximum atomic E-state index is 5.86. The van der Waals surface area contributed by atoms with E-state index in [1.54, 1.807) is 0 Å². The number of rotatable bonds is 9. The molecule has 3 nitrogen and oxygen atoms in total. The zero-order valence-corrected chi connectivity index (χ0v) is 12.6. The molecule has 1 N–H and O–H groups in total. The molecule has 108 valence electrons. The molecule has 18 heavy (non-hydrogen) atoms. The summed E-state index contributed by atoms with van der Waals surface area (Å²) >= 11 is 0. The second-order valence-electron chi connectivity index (χ2n) is 5.85. The first-order valence-electron chi connectivity index (χ1n) is 7.77. The fourth-order valence-corrected chi connectivity index (χ4v) is 2.61. The van der Waals surface area contributed by atoms with Crippen LogP contribution in [0.4, 0.5) is 0 Å². The number of nitrogens with zero attached hydrogens (tertiary/aromatic N) is 1. The van der Waals surface area contributed by atoms with E-state index in [1.807, 2.05) is 0 Å². The fourth-order valence-electron chi connectivity index (χ4n) is 2.61. The minimum atomic E-state index is 0.483. The van der Waals surface area contributed by atoms with Crippen LogP contribution in [0.1, 0.15) is 46.5 Å². The van der Waals surface area contributed by atoms with Crippen molar-refractivity contribution in [1.29, 1.82) is 0 Å². The highest BCUT2D eigenvalue weighted by Gasteiger charge is 2.20. The van der Waals surface area contributed by atoms with Gasteiger partial charge in [-0.25, -0.2) is 0 Å². The largest absolute Gasteiger partial charge is 0.376 e. The molecular formula is C15H32N2O. The molecule has 0 aromatic heterocycles. The molecule has 1 fully saturated rings. The summed E-state index contributed by atoms with van der Waals surface area (Å²) in [7, 11) is 0. The Bertz CT molecular complexity index is 197. The minimum Gasteiger partial charge on any atom is -0.376 e. The number of ether oxygens (including phenoxy) is 1. The van der Waals surface area contributed by atoms with Gasteiger partial charge in [0.05, 0.1) is 12.7 Å². The van der Waals surface area contributed by atoms with Gasteiger partial charge < -0.3 is 10.1 Å². The van der Waals surface area contributed by atoms with Gasteiger partial charge in [-0.3, -0.25) is 4.90 Å². The summed E-state index contributed by atoms with van der Waals surface area (Å²) in [4.78, 5) is 2.57. The Balaban J connectivity index is 2.03. The van der Waals surface area contributed by atoms with Crippen LogP contribution in [0.5, 0.6) is 0 Å². The maximum absolute atomic E-state index is 5.86. The summed E-state index contributed by atoms with van der Waals surface area (Å²) in [5.41, 5.74) is 0. The van der Waals surface area contributed by atoms with Gasteiger partial charge in [-0.15, -0.1) is 0 Å². The lowest BCUT2D eigenvalue weighted by Crippen LogP contribution is -2.43. The molecule has 0 aromatic carbocycles. The Morgan fingerprint density at radius 1 is 1.28 bits per heavy atom. The summed E-state index contributed by atoms with van der Waals surface area (Å²) in [6.07, 6.45) is 5.66. The van der Waals surface area contributed by atoms with Gasteiger partial charge in [-0.2, -0.15) is 0 Å². The fraction of sp³-hybridized carbons (Fsp3) is 1.00. The van der Waals surface area contributed by atoms with E-state index in [9.17, 15) is 0 Å². The standard InChI is InChI=1S/C15H32N2O/c1-4-16-9-7-5-6-8-15-13-17(10-11-18-15)12-14(2)3/h14-16H,4-13H2,1-3H3/t15-/m0/s1. The number of unbranched alkanes of at least 4 members (excludes halogenated alkanes) is 2. The van der Waals surface area contributed by atoms with Crippen LogP contribution in [-0.4, -0.2) is 50.3 Å². The average molecular weight is 256 g/mol. The number of morpholine rings is 1. The van der Waals surface area contributed by atoms with Crippen LogP contribution in [0.25, 0.3) is 0 Å². The Morgan fingerprint density at radius 2 is 2.11 bits per heavy atom. The van der Waals surface area contributed by atoms with Crippen molar-refractivity contribution in [2.24, 2.45) is 5.92 Å². The van der Waals surface area contributed by atoms with E-state index >= 15 is 0 Å². The number of nitrogens with one attached hydrogen (secondary N) is 1. The van der Waals surface area contributed by atoms with Gasteiger partial charge in [0.25, 0.3) is 0 Å². The smallest absolute Gasteiger partial charge is 0.0702 e. The third-order valence-electron chi connectivity index (χ3n) is 3.48. The molecule has 0 saturated carbocycles. The Hall–Kier alpha value is -0.120. The lowest BCUT2D eigenvalue weighted by molar-refractivity contribution is -0.0360. The van der Waals surface area contributed by atoms with E-state index < -0.39 is 0 Å². The predicted molar refractivity (Wildman–Crippen MR) is 78.0 cm³/mol. The SMILES string of the molecule is CCNCCCCC[C@H]1CN(CC(C)C)CCO1. The molecule has 1 atom stereocenters. The molecule has 1 aliphatic heterocycles. The Kier molecular flexibility index (Phi) is 8.64. The van der Waals surface area contributed by atoms with Gasteiger partial charge in [-0.1, -0.05) is 33.6 Å². The van der Waals surface area contributed by atoms with Crippen LogP contribution < -0.4 is 5.32 Å². The van der Waals surface area contributed by atoms with Crippen molar-refractivity contribution in [3.8, 4) is 0 Å². The predicted octanol–water partition coefficient (Wildman–Crippen LogP) is 2.51. The van der Waals surface area contributed by atoms with Gasteiger partial charge >= 0.3 is 0 Å². The average Bonchev–Trinajstić information content (AvgIpc) is 2.33. The second kappa shape index (κ2) is 9.76. The summed E-state index contributed by atoms with van der Waals surface area (Å²) in [5, 5.41) is 3.38. The highest BCUT2D eigenvalue weighted by Crippen LogP contribution is 2.13. The summed E-state index contributed by atoms with van der Waals surface area (Å²) < 4.78 is 5.86. The topological polar surface area (TPSA) is 24.5 Å². The van der Waals surface area contributed by atoms with Crippen molar-refractivity contribution < 1.29 is 4.74 Å². The highest BCUT2D eigenvalue weighted by atomic mass is 16.5. The Morgan fingerprint density at radius 3 is 2.83 bits per heavy atom. The Labute approximate surface area is 113 Å². The third-order valence-corrected chi connectivity index (χ3v) is 3.48. The lowest BCUT2D eigenvalue weighted by Gasteiger charge is -2.34. The van der Waals surface area contributed by atoms with Crippen molar-refractivity contribution in [3.63, 3.8) is 0 Å². The molecular weight excluding hydrogens is 224 g/mol. The van der Waals surface area contributed by atoms with Crippen LogP contribution in [0.2, 0.25) is 0 Å².